The van der Waals surface area contributed by atoms with Crippen molar-refractivity contribution in [3.8, 4) is 0 Å². The maximum Gasteiger partial charge on any atom is 0.118 e. The zero-order valence-corrected chi connectivity index (χ0v) is 10.3. The van der Waals surface area contributed by atoms with E-state index in [1.54, 1.807) is 0 Å². The molecule has 2 rings (SSSR count). The Labute approximate surface area is 97.6 Å². The Morgan fingerprint density at radius 2 is 2.00 bits per heavy atom. The summed E-state index contributed by atoms with van der Waals surface area (Å²) in [4.78, 5) is 2.39. The average Bonchev–Trinajstić information content (AvgIpc) is 2.65. The second-order valence-electron chi connectivity index (χ2n) is 5.00. The molecule has 16 heavy (non-hydrogen) atoms. The molecule has 1 aliphatic rings. The fraction of sp³-hybridized carbons (Fsp3) is 0.692. The predicted molar refractivity (Wildman–Crippen MR) is 65.1 cm³/mol. The molecule has 1 aromatic rings. The second-order valence-corrected chi connectivity index (χ2v) is 5.00. The molecule has 0 radical (unpaired) electrons. The number of hydrogen-bond donors (Lipinski definition) is 1. The number of nitrogens with zero attached hydrogens (tertiary/aromatic N) is 1. The number of furan rings is 1. The Bertz CT molecular complexity index is 326. The molecule has 1 heterocycles. The summed E-state index contributed by atoms with van der Waals surface area (Å²) in [6.07, 6.45) is 4.76. The number of aryl methyl sites for hydroxylation is 1. The van der Waals surface area contributed by atoms with Crippen LogP contribution >= 0.6 is 0 Å². The second kappa shape index (κ2) is 5.02. The maximum atomic E-state index is 5.92. The highest BCUT2D eigenvalue weighted by atomic mass is 16.3. The van der Waals surface area contributed by atoms with Gasteiger partial charge in [0.25, 0.3) is 0 Å². The van der Waals surface area contributed by atoms with Crippen molar-refractivity contribution in [3.63, 3.8) is 0 Å². The summed E-state index contributed by atoms with van der Waals surface area (Å²) in [7, 11) is 2.18. The van der Waals surface area contributed by atoms with Crippen LogP contribution in [0.2, 0.25) is 0 Å². The van der Waals surface area contributed by atoms with Crippen molar-refractivity contribution in [1.82, 2.24) is 4.90 Å². The van der Waals surface area contributed by atoms with E-state index in [2.05, 4.69) is 18.0 Å². The summed E-state index contributed by atoms with van der Waals surface area (Å²) >= 11 is 0. The zero-order valence-electron chi connectivity index (χ0n) is 10.3. The standard InChI is InChI=1S/C13H22N2O/c1-10-3-8-13(16-10)9-15(2)12-6-4-11(14)5-7-12/h3,8,11-12H,4-7,9,14H2,1-2H3. The Morgan fingerprint density at radius 1 is 1.31 bits per heavy atom. The third-order valence-electron chi connectivity index (χ3n) is 3.57. The van der Waals surface area contributed by atoms with Crippen LogP contribution in [0.4, 0.5) is 0 Å². The Kier molecular flexibility index (Phi) is 3.66. The highest BCUT2D eigenvalue weighted by Gasteiger charge is 2.22. The molecule has 90 valence electrons. The van der Waals surface area contributed by atoms with Crippen molar-refractivity contribution in [2.45, 2.75) is 51.2 Å². The minimum atomic E-state index is 0.426. The van der Waals surface area contributed by atoms with Crippen LogP contribution in [-0.4, -0.2) is 24.0 Å². The summed E-state index contributed by atoms with van der Waals surface area (Å²) in [5.74, 6) is 2.06. The van der Waals surface area contributed by atoms with Gasteiger partial charge in [-0.15, -0.1) is 0 Å². The van der Waals surface area contributed by atoms with E-state index in [1.165, 1.54) is 12.8 Å². The molecule has 3 nitrogen and oxygen atoms in total. The van der Waals surface area contributed by atoms with Gasteiger partial charge in [0.1, 0.15) is 11.5 Å². The van der Waals surface area contributed by atoms with Gasteiger partial charge in [-0.3, -0.25) is 4.90 Å². The molecule has 0 saturated heterocycles. The van der Waals surface area contributed by atoms with Crippen molar-refractivity contribution in [1.29, 1.82) is 0 Å². The fourth-order valence-corrected chi connectivity index (χ4v) is 2.49. The van der Waals surface area contributed by atoms with Gasteiger partial charge in [-0.2, -0.15) is 0 Å². The Balaban J connectivity index is 1.85. The molecule has 0 spiro atoms. The van der Waals surface area contributed by atoms with Crippen LogP contribution in [0.1, 0.15) is 37.2 Å². The van der Waals surface area contributed by atoms with E-state index in [4.69, 9.17) is 10.2 Å². The third-order valence-corrected chi connectivity index (χ3v) is 3.57. The maximum absolute atomic E-state index is 5.92. The van der Waals surface area contributed by atoms with Crippen molar-refractivity contribution in [2.75, 3.05) is 7.05 Å². The monoisotopic (exact) mass is 222 g/mol. The number of hydrogen-bond acceptors (Lipinski definition) is 3. The summed E-state index contributed by atoms with van der Waals surface area (Å²) in [6.45, 7) is 2.90. The SMILES string of the molecule is Cc1ccc(CN(C)C2CCC(N)CC2)o1. The van der Waals surface area contributed by atoms with Crippen LogP contribution < -0.4 is 5.73 Å². The largest absolute Gasteiger partial charge is 0.465 e. The molecule has 0 amide bonds. The molecule has 1 saturated carbocycles. The molecule has 1 aliphatic carbocycles. The lowest BCUT2D eigenvalue weighted by molar-refractivity contribution is 0.165. The summed E-state index contributed by atoms with van der Waals surface area (Å²) in [5, 5.41) is 0. The topological polar surface area (TPSA) is 42.4 Å². The van der Waals surface area contributed by atoms with Gasteiger partial charge < -0.3 is 10.2 Å². The minimum Gasteiger partial charge on any atom is -0.465 e. The van der Waals surface area contributed by atoms with E-state index in [-0.39, 0.29) is 0 Å². The average molecular weight is 222 g/mol. The number of nitrogens with two attached hydrogens (primary N) is 1. The van der Waals surface area contributed by atoms with Gasteiger partial charge in [-0.1, -0.05) is 0 Å². The first-order valence-electron chi connectivity index (χ1n) is 6.16. The van der Waals surface area contributed by atoms with Crippen LogP contribution in [0.5, 0.6) is 0 Å². The smallest absolute Gasteiger partial charge is 0.118 e. The van der Waals surface area contributed by atoms with Crippen LogP contribution in [-0.2, 0) is 6.54 Å². The Morgan fingerprint density at radius 3 is 2.56 bits per heavy atom. The molecule has 0 atom stereocenters. The highest BCUT2D eigenvalue weighted by molar-refractivity contribution is 5.05. The molecule has 3 heteroatoms. The van der Waals surface area contributed by atoms with Crippen LogP contribution in [0.15, 0.2) is 16.5 Å². The molecule has 0 unspecified atom stereocenters. The first-order chi connectivity index (χ1) is 7.65. The van der Waals surface area contributed by atoms with Crippen molar-refractivity contribution >= 4 is 0 Å². The lowest BCUT2D eigenvalue weighted by Gasteiger charge is -2.32. The van der Waals surface area contributed by atoms with Crippen LogP contribution in [0.25, 0.3) is 0 Å². The van der Waals surface area contributed by atoms with Crippen molar-refractivity contribution in [2.24, 2.45) is 5.73 Å². The van der Waals surface area contributed by atoms with Crippen LogP contribution in [0.3, 0.4) is 0 Å². The Hall–Kier alpha value is -0.800. The summed E-state index contributed by atoms with van der Waals surface area (Å²) in [5.41, 5.74) is 5.92. The van der Waals surface area contributed by atoms with Crippen molar-refractivity contribution < 1.29 is 4.42 Å². The summed E-state index contributed by atoms with van der Waals surface area (Å²) < 4.78 is 5.60. The van der Waals surface area contributed by atoms with Crippen molar-refractivity contribution in [3.05, 3.63) is 23.7 Å². The minimum absolute atomic E-state index is 0.426. The zero-order chi connectivity index (χ0) is 11.5. The van der Waals surface area contributed by atoms with E-state index in [0.717, 1.165) is 30.9 Å². The molecule has 0 bridgehead atoms. The molecule has 0 aliphatic heterocycles. The highest BCUT2D eigenvalue weighted by Crippen LogP contribution is 2.22. The van der Waals surface area contributed by atoms with E-state index in [1.807, 2.05) is 13.0 Å². The van der Waals surface area contributed by atoms with E-state index in [9.17, 15) is 0 Å². The lowest BCUT2D eigenvalue weighted by atomic mass is 9.91. The molecule has 1 fully saturated rings. The van der Waals surface area contributed by atoms with Gasteiger partial charge in [0, 0.05) is 12.1 Å². The quantitative estimate of drug-likeness (QED) is 0.853. The van der Waals surface area contributed by atoms with E-state index in [0.29, 0.717) is 12.1 Å². The molecule has 0 aromatic carbocycles. The lowest BCUT2D eigenvalue weighted by Crippen LogP contribution is -2.38. The summed E-state index contributed by atoms with van der Waals surface area (Å²) in [6, 6.07) is 5.20. The van der Waals surface area contributed by atoms with Gasteiger partial charge in [-0.05, 0) is 51.8 Å². The van der Waals surface area contributed by atoms with Gasteiger partial charge in [-0.25, -0.2) is 0 Å². The fourth-order valence-electron chi connectivity index (χ4n) is 2.49. The molecular formula is C13H22N2O. The van der Waals surface area contributed by atoms with Gasteiger partial charge >= 0.3 is 0 Å². The molecule has 2 N–H and O–H groups in total. The molecular weight excluding hydrogens is 200 g/mol. The van der Waals surface area contributed by atoms with E-state index < -0.39 is 0 Å². The van der Waals surface area contributed by atoms with Crippen LogP contribution in [0, 0.1) is 6.92 Å². The third kappa shape index (κ3) is 2.86. The van der Waals surface area contributed by atoms with Gasteiger partial charge in [0.15, 0.2) is 0 Å². The normalized spacial score (nSPS) is 26.2. The van der Waals surface area contributed by atoms with Gasteiger partial charge in [0.2, 0.25) is 0 Å². The van der Waals surface area contributed by atoms with E-state index >= 15 is 0 Å². The van der Waals surface area contributed by atoms with Gasteiger partial charge in [0.05, 0.1) is 6.54 Å². The first kappa shape index (κ1) is 11.7. The predicted octanol–water partition coefficient (Wildman–Crippen LogP) is 2.29. The number of rotatable bonds is 3. The molecule has 1 aromatic heterocycles. The first-order valence-corrected chi connectivity index (χ1v) is 6.16.